The van der Waals surface area contributed by atoms with Crippen LogP contribution >= 0.6 is 0 Å². The second kappa shape index (κ2) is 7.79. The lowest BCUT2D eigenvalue weighted by atomic mass is 9.67. The monoisotopic (exact) mass is 435 g/mol. The zero-order chi connectivity index (χ0) is 22.5. The highest BCUT2D eigenvalue weighted by molar-refractivity contribution is 5.75. The number of ether oxygens (including phenoxy) is 3. The average molecular weight is 435 g/mol. The third-order valence-electron chi connectivity index (χ3n) is 6.65. The van der Waals surface area contributed by atoms with Crippen LogP contribution in [0.25, 0.3) is 11.1 Å². The van der Waals surface area contributed by atoms with E-state index in [2.05, 4.69) is 0 Å². The van der Waals surface area contributed by atoms with Crippen molar-refractivity contribution in [3.63, 3.8) is 0 Å². The molecule has 4 unspecified atom stereocenters. The van der Waals surface area contributed by atoms with E-state index >= 15 is 0 Å². The molecule has 0 radical (unpaired) electrons. The highest BCUT2D eigenvalue weighted by Crippen LogP contribution is 2.53. The SMILES string of the molecule is CC(C)OC1CCC2Oc3ccc(-c4cc(F)cc(C#N)c4)cc3C3(COC(N)=N3)C2C1. The van der Waals surface area contributed by atoms with E-state index in [1.165, 1.54) is 12.1 Å². The molecule has 0 bridgehead atoms. The van der Waals surface area contributed by atoms with Crippen LogP contribution in [0, 0.1) is 23.1 Å². The topological polar surface area (TPSA) is 89.9 Å². The van der Waals surface area contributed by atoms with Crippen LogP contribution in [0.15, 0.2) is 41.4 Å². The summed E-state index contributed by atoms with van der Waals surface area (Å²) in [5.41, 5.74) is 7.90. The van der Waals surface area contributed by atoms with Gasteiger partial charge >= 0.3 is 0 Å². The molecule has 3 aliphatic rings. The van der Waals surface area contributed by atoms with Crippen molar-refractivity contribution in [1.29, 1.82) is 5.26 Å². The predicted octanol–water partition coefficient (Wildman–Crippen LogP) is 4.26. The molecular formula is C25H26FN3O3. The molecule has 6 nitrogen and oxygen atoms in total. The van der Waals surface area contributed by atoms with E-state index in [4.69, 9.17) is 24.9 Å². The van der Waals surface area contributed by atoms with Crippen LogP contribution in [0.4, 0.5) is 4.39 Å². The van der Waals surface area contributed by atoms with E-state index < -0.39 is 11.4 Å². The normalized spacial score (nSPS) is 28.3. The minimum atomic E-state index is -0.678. The average Bonchev–Trinajstić information content (AvgIpc) is 3.15. The summed E-state index contributed by atoms with van der Waals surface area (Å²) in [6, 6.07) is 12.3. The quantitative estimate of drug-likeness (QED) is 0.778. The van der Waals surface area contributed by atoms with E-state index in [1.54, 1.807) is 6.07 Å². The van der Waals surface area contributed by atoms with Gasteiger partial charge in [-0.05, 0) is 74.6 Å². The first-order valence-corrected chi connectivity index (χ1v) is 11.0. The highest BCUT2D eigenvalue weighted by Gasteiger charge is 2.55. The van der Waals surface area contributed by atoms with E-state index in [-0.39, 0.29) is 35.8 Å². The number of hydrogen-bond donors (Lipinski definition) is 1. The Morgan fingerprint density at radius 1 is 1.22 bits per heavy atom. The third kappa shape index (κ3) is 3.49. The standard InChI is InChI=1S/C25H26FN3O3/c1-14(2)31-19-4-6-23-21(11-19)25(13-30-24(28)29-25)20-10-16(3-5-22(20)32-23)17-7-15(12-27)8-18(26)9-17/h3,5,7-10,14,19,21,23H,4,6,11,13H2,1-2H3,(H2,28,29). The van der Waals surface area contributed by atoms with Crippen molar-refractivity contribution < 1.29 is 18.6 Å². The summed E-state index contributed by atoms with van der Waals surface area (Å²) in [5.74, 6) is 0.346. The van der Waals surface area contributed by atoms with Crippen molar-refractivity contribution in [2.24, 2.45) is 16.6 Å². The zero-order valence-electron chi connectivity index (χ0n) is 18.2. The Morgan fingerprint density at radius 3 is 2.78 bits per heavy atom. The molecule has 5 rings (SSSR count). The van der Waals surface area contributed by atoms with Gasteiger partial charge in [-0.2, -0.15) is 5.26 Å². The fourth-order valence-electron chi connectivity index (χ4n) is 5.36. The van der Waals surface area contributed by atoms with Gasteiger partial charge in [0.1, 0.15) is 29.8 Å². The zero-order valence-corrected chi connectivity index (χ0v) is 18.2. The van der Waals surface area contributed by atoms with Crippen LogP contribution in [0.3, 0.4) is 0 Å². The molecule has 0 amide bonds. The molecule has 2 aliphatic heterocycles. The Kier molecular flexibility index (Phi) is 5.06. The Labute approximate surface area is 186 Å². The first-order valence-electron chi connectivity index (χ1n) is 11.0. The molecule has 0 aromatic heterocycles. The summed E-state index contributed by atoms with van der Waals surface area (Å²) in [6.07, 6.45) is 2.87. The van der Waals surface area contributed by atoms with Gasteiger partial charge in [0.2, 0.25) is 0 Å². The lowest BCUT2D eigenvalue weighted by Gasteiger charge is -2.48. The first-order chi connectivity index (χ1) is 15.4. The Morgan fingerprint density at radius 2 is 2.06 bits per heavy atom. The molecular weight excluding hydrogens is 409 g/mol. The summed E-state index contributed by atoms with van der Waals surface area (Å²) < 4.78 is 32.4. The number of nitrogens with zero attached hydrogens (tertiary/aromatic N) is 2. The van der Waals surface area contributed by atoms with Gasteiger partial charge in [0.15, 0.2) is 0 Å². The fourth-order valence-corrected chi connectivity index (χ4v) is 5.36. The molecule has 2 N–H and O–H groups in total. The maximum absolute atomic E-state index is 14.1. The Balaban J connectivity index is 1.60. The molecule has 2 aromatic rings. The molecule has 2 heterocycles. The summed E-state index contributed by atoms with van der Waals surface area (Å²) in [5, 5.41) is 9.24. The van der Waals surface area contributed by atoms with Crippen molar-refractivity contribution >= 4 is 6.02 Å². The van der Waals surface area contributed by atoms with E-state index in [0.29, 0.717) is 12.2 Å². The third-order valence-corrected chi connectivity index (χ3v) is 6.65. The first kappa shape index (κ1) is 20.8. The molecule has 2 aromatic carbocycles. The van der Waals surface area contributed by atoms with Crippen molar-refractivity contribution in [3.8, 4) is 22.9 Å². The van der Waals surface area contributed by atoms with E-state index in [1.807, 2.05) is 38.1 Å². The van der Waals surface area contributed by atoms with Crippen LogP contribution in [0.1, 0.15) is 44.2 Å². The summed E-state index contributed by atoms with van der Waals surface area (Å²) in [4.78, 5) is 4.82. The van der Waals surface area contributed by atoms with Gasteiger partial charge in [0.05, 0.1) is 23.8 Å². The second-order valence-electron chi connectivity index (χ2n) is 9.10. The maximum atomic E-state index is 14.1. The number of nitriles is 1. The minimum absolute atomic E-state index is 0.00188. The number of nitrogens with two attached hydrogens (primary N) is 1. The number of aliphatic imine (C=N–C) groups is 1. The Bertz CT molecular complexity index is 1130. The van der Waals surface area contributed by atoms with Gasteiger partial charge in [0.25, 0.3) is 6.02 Å². The lowest BCUT2D eigenvalue weighted by molar-refractivity contribution is -0.0791. The van der Waals surface area contributed by atoms with Crippen LogP contribution < -0.4 is 10.5 Å². The molecule has 0 saturated heterocycles. The highest BCUT2D eigenvalue weighted by atomic mass is 19.1. The van der Waals surface area contributed by atoms with Gasteiger partial charge < -0.3 is 19.9 Å². The molecule has 1 fully saturated rings. The Hall–Kier alpha value is -3.11. The summed E-state index contributed by atoms with van der Waals surface area (Å²) in [6.45, 7) is 4.43. The second-order valence-corrected chi connectivity index (χ2v) is 9.10. The molecule has 7 heteroatoms. The number of halogens is 1. The van der Waals surface area contributed by atoms with Crippen LogP contribution in [-0.2, 0) is 15.0 Å². The number of fused-ring (bicyclic) bond motifs is 4. The largest absolute Gasteiger partial charge is 0.490 e. The lowest BCUT2D eigenvalue weighted by Crippen LogP contribution is -2.52. The summed E-state index contributed by atoms with van der Waals surface area (Å²) in [7, 11) is 0. The van der Waals surface area contributed by atoms with E-state index in [0.717, 1.165) is 36.1 Å². The summed E-state index contributed by atoms with van der Waals surface area (Å²) >= 11 is 0. The fraction of sp³-hybridized carbons (Fsp3) is 0.440. The maximum Gasteiger partial charge on any atom is 0.283 e. The predicted molar refractivity (Wildman–Crippen MR) is 118 cm³/mol. The van der Waals surface area contributed by atoms with Gasteiger partial charge in [-0.25, -0.2) is 9.38 Å². The number of amidine groups is 1. The molecule has 166 valence electrons. The van der Waals surface area contributed by atoms with Crippen molar-refractivity contribution in [2.75, 3.05) is 6.61 Å². The molecule has 4 atom stereocenters. The van der Waals surface area contributed by atoms with Gasteiger partial charge in [0, 0.05) is 11.5 Å². The van der Waals surface area contributed by atoms with E-state index in [9.17, 15) is 9.65 Å². The smallest absolute Gasteiger partial charge is 0.283 e. The number of rotatable bonds is 3. The minimum Gasteiger partial charge on any atom is -0.490 e. The van der Waals surface area contributed by atoms with Crippen LogP contribution in [0.5, 0.6) is 5.75 Å². The molecule has 1 aliphatic carbocycles. The van der Waals surface area contributed by atoms with Crippen molar-refractivity contribution in [1.82, 2.24) is 0 Å². The van der Waals surface area contributed by atoms with Gasteiger partial charge in [-0.15, -0.1) is 0 Å². The van der Waals surface area contributed by atoms with Crippen molar-refractivity contribution in [2.45, 2.75) is 57.0 Å². The molecule has 1 saturated carbocycles. The molecule has 32 heavy (non-hydrogen) atoms. The van der Waals surface area contributed by atoms with Crippen LogP contribution in [-0.4, -0.2) is 30.9 Å². The molecule has 1 spiro atoms. The van der Waals surface area contributed by atoms with Gasteiger partial charge in [-0.3, -0.25) is 0 Å². The number of benzene rings is 2. The number of hydrogen-bond acceptors (Lipinski definition) is 6. The van der Waals surface area contributed by atoms with Gasteiger partial charge in [-0.1, -0.05) is 6.07 Å². The van der Waals surface area contributed by atoms with Crippen molar-refractivity contribution in [3.05, 3.63) is 53.3 Å². The van der Waals surface area contributed by atoms with Crippen LogP contribution in [0.2, 0.25) is 0 Å².